The second kappa shape index (κ2) is 8.39. The van der Waals surface area contributed by atoms with Crippen molar-refractivity contribution in [2.75, 3.05) is 13.1 Å². The molecule has 0 unspecified atom stereocenters. The van der Waals surface area contributed by atoms with Crippen LogP contribution in [0.15, 0.2) is 5.16 Å². The minimum Gasteiger partial charge on any atom is -0.444 e. The van der Waals surface area contributed by atoms with E-state index in [4.69, 9.17) is 9.94 Å². The lowest BCUT2D eigenvalue weighted by atomic mass is 9.75. The molecule has 0 aromatic heterocycles. The van der Waals surface area contributed by atoms with Crippen molar-refractivity contribution >= 4 is 11.8 Å². The number of ether oxygens (including phenoxy) is 1. The number of hydrogen-bond acceptors (Lipinski definition) is 4. The predicted molar refractivity (Wildman–Crippen MR) is 88.4 cm³/mol. The highest BCUT2D eigenvalue weighted by Crippen LogP contribution is 2.34. The summed E-state index contributed by atoms with van der Waals surface area (Å²) in [5, 5.41) is 11.9. The molecule has 2 fully saturated rings. The summed E-state index contributed by atoms with van der Waals surface area (Å²) in [4.78, 5) is 13.8. The van der Waals surface area contributed by atoms with Crippen molar-refractivity contribution in [3.63, 3.8) is 0 Å². The fraction of sp³-hybridized carbons (Fsp3) is 0.882. The molecule has 1 N–H and O–H groups in total. The number of nitrogens with zero attached hydrogens (tertiary/aromatic N) is 2. The lowest BCUT2D eigenvalue weighted by Gasteiger charge is -2.36. The average molecular weight is 312 g/mol. The predicted octanol–water partition coefficient (Wildman–Crippen LogP) is 4.29. The Bertz CT molecular complexity index is 372. The Hall–Kier alpha value is -1.26. The van der Waals surface area contributed by atoms with Gasteiger partial charge in [-0.05, 0) is 64.7 Å². The van der Waals surface area contributed by atoms with Crippen molar-refractivity contribution in [1.82, 2.24) is 4.90 Å². The molecular formula is C17H32N2O3. The van der Waals surface area contributed by atoms with Gasteiger partial charge in [0, 0.05) is 13.1 Å². The first-order valence-electron chi connectivity index (χ1n) is 8.55. The number of carbonyl (C=O) groups is 1. The van der Waals surface area contributed by atoms with Crippen molar-refractivity contribution in [3.05, 3.63) is 0 Å². The van der Waals surface area contributed by atoms with E-state index in [1.165, 1.54) is 6.42 Å². The van der Waals surface area contributed by atoms with Crippen LogP contribution in [0.5, 0.6) is 0 Å². The number of oxime groups is 1. The third-order valence-corrected chi connectivity index (χ3v) is 4.12. The van der Waals surface area contributed by atoms with Crippen LogP contribution in [0.4, 0.5) is 4.79 Å². The Balaban J connectivity index is 0.00000116. The summed E-state index contributed by atoms with van der Waals surface area (Å²) in [6.07, 6.45) is 5.02. The van der Waals surface area contributed by atoms with E-state index < -0.39 is 5.60 Å². The van der Waals surface area contributed by atoms with Gasteiger partial charge in [0.1, 0.15) is 5.60 Å². The molecule has 22 heavy (non-hydrogen) atoms. The van der Waals surface area contributed by atoms with Gasteiger partial charge in [0.25, 0.3) is 0 Å². The van der Waals surface area contributed by atoms with Gasteiger partial charge in [-0.2, -0.15) is 0 Å². The fourth-order valence-electron chi connectivity index (χ4n) is 3.00. The molecule has 0 radical (unpaired) electrons. The first-order chi connectivity index (χ1) is 10.4. The first-order valence-corrected chi connectivity index (χ1v) is 8.55. The Morgan fingerprint density at radius 3 is 2.23 bits per heavy atom. The van der Waals surface area contributed by atoms with E-state index in [1.807, 2.05) is 39.5 Å². The lowest BCUT2D eigenvalue weighted by molar-refractivity contribution is 0.0175. The smallest absolute Gasteiger partial charge is 0.410 e. The highest BCUT2D eigenvalue weighted by molar-refractivity contribution is 5.89. The number of rotatable bonds is 2. The van der Waals surface area contributed by atoms with Gasteiger partial charge in [-0.1, -0.05) is 19.0 Å². The molecule has 0 aromatic rings. The molecule has 1 aliphatic heterocycles. The Kier molecular flexibility index (Phi) is 7.17. The molecule has 0 spiro atoms. The number of piperidine rings is 1. The second-order valence-electron chi connectivity index (χ2n) is 7.09. The van der Waals surface area contributed by atoms with Gasteiger partial charge in [0.15, 0.2) is 0 Å². The zero-order chi connectivity index (χ0) is 16.8. The molecule has 2 aliphatic rings. The SMILES string of the molecule is CC.CC(C)(C)OC(=O)N1CCC(CC2CC(=NO)C2)CC1. The molecule has 1 saturated carbocycles. The molecule has 1 heterocycles. The molecule has 0 atom stereocenters. The standard InChI is InChI=1S/C15H26N2O3.C2H6/c1-15(2,3)20-14(18)17-6-4-11(5-7-17)8-12-9-13(10-12)16-19;1-2/h11-12,19H,4-10H2,1-3H3;1-2H3. The van der Waals surface area contributed by atoms with Crippen LogP contribution in [0, 0.1) is 11.8 Å². The van der Waals surface area contributed by atoms with Crippen LogP contribution in [0.1, 0.15) is 66.7 Å². The minimum atomic E-state index is -0.417. The maximum absolute atomic E-state index is 12.0. The summed E-state index contributed by atoms with van der Waals surface area (Å²) in [6.45, 7) is 11.3. The van der Waals surface area contributed by atoms with Gasteiger partial charge in [0.2, 0.25) is 0 Å². The molecule has 1 amide bonds. The third kappa shape index (κ3) is 5.85. The Morgan fingerprint density at radius 1 is 1.23 bits per heavy atom. The molecule has 5 heteroatoms. The molecule has 5 nitrogen and oxygen atoms in total. The summed E-state index contributed by atoms with van der Waals surface area (Å²) < 4.78 is 5.40. The molecular weight excluding hydrogens is 280 g/mol. The van der Waals surface area contributed by atoms with Gasteiger partial charge in [-0.25, -0.2) is 4.79 Å². The van der Waals surface area contributed by atoms with Crippen molar-refractivity contribution in [1.29, 1.82) is 0 Å². The van der Waals surface area contributed by atoms with Crippen LogP contribution >= 0.6 is 0 Å². The molecule has 2 rings (SSSR count). The number of carbonyl (C=O) groups excluding carboxylic acids is 1. The zero-order valence-corrected chi connectivity index (χ0v) is 14.8. The second-order valence-corrected chi connectivity index (χ2v) is 7.09. The molecule has 0 aromatic carbocycles. The van der Waals surface area contributed by atoms with E-state index in [2.05, 4.69) is 5.16 Å². The van der Waals surface area contributed by atoms with Crippen molar-refractivity contribution in [2.24, 2.45) is 17.0 Å². The van der Waals surface area contributed by atoms with Gasteiger partial charge in [-0.3, -0.25) is 0 Å². The Labute approximate surface area is 134 Å². The summed E-state index contributed by atoms with van der Waals surface area (Å²) in [5.41, 5.74) is 0.515. The average Bonchev–Trinajstić information content (AvgIpc) is 2.43. The summed E-state index contributed by atoms with van der Waals surface area (Å²) in [7, 11) is 0. The van der Waals surface area contributed by atoms with E-state index >= 15 is 0 Å². The van der Waals surface area contributed by atoms with Crippen LogP contribution in [0.25, 0.3) is 0 Å². The number of amides is 1. The van der Waals surface area contributed by atoms with Crippen LogP contribution < -0.4 is 0 Å². The van der Waals surface area contributed by atoms with Gasteiger partial charge < -0.3 is 14.8 Å². The summed E-state index contributed by atoms with van der Waals surface area (Å²) in [5.74, 6) is 1.37. The Morgan fingerprint density at radius 2 is 1.77 bits per heavy atom. The number of hydrogen-bond donors (Lipinski definition) is 1. The fourth-order valence-corrected chi connectivity index (χ4v) is 3.00. The van der Waals surface area contributed by atoms with Gasteiger partial charge >= 0.3 is 6.09 Å². The highest BCUT2D eigenvalue weighted by Gasteiger charge is 2.31. The minimum absolute atomic E-state index is 0.186. The van der Waals surface area contributed by atoms with Crippen molar-refractivity contribution in [2.45, 2.75) is 72.3 Å². The van der Waals surface area contributed by atoms with Crippen molar-refractivity contribution < 1.29 is 14.7 Å². The van der Waals surface area contributed by atoms with Gasteiger partial charge in [-0.15, -0.1) is 0 Å². The van der Waals surface area contributed by atoms with E-state index in [0.717, 1.165) is 44.5 Å². The van der Waals surface area contributed by atoms with E-state index in [9.17, 15) is 4.79 Å². The van der Waals surface area contributed by atoms with Crippen LogP contribution in [0.3, 0.4) is 0 Å². The van der Waals surface area contributed by atoms with E-state index in [1.54, 1.807) is 0 Å². The van der Waals surface area contributed by atoms with Gasteiger partial charge in [0.05, 0.1) is 5.71 Å². The summed E-state index contributed by atoms with van der Waals surface area (Å²) >= 11 is 0. The monoisotopic (exact) mass is 312 g/mol. The molecule has 1 saturated heterocycles. The number of likely N-dealkylation sites (tertiary alicyclic amines) is 1. The largest absolute Gasteiger partial charge is 0.444 e. The van der Waals surface area contributed by atoms with E-state index in [-0.39, 0.29) is 6.09 Å². The van der Waals surface area contributed by atoms with Crippen molar-refractivity contribution in [3.8, 4) is 0 Å². The third-order valence-electron chi connectivity index (χ3n) is 4.12. The maximum atomic E-state index is 12.0. The first kappa shape index (κ1) is 18.8. The van der Waals surface area contributed by atoms with Crippen LogP contribution in [-0.4, -0.2) is 40.6 Å². The molecule has 1 aliphatic carbocycles. The topological polar surface area (TPSA) is 62.1 Å². The molecule has 128 valence electrons. The quantitative estimate of drug-likeness (QED) is 0.611. The normalized spacial score (nSPS) is 22.3. The zero-order valence-electron chi connectivity index (χ0n) is 14.8. The van der Waals surface area contributed by atoms with Crippen LogP contribution in [0.2, 0.25) is 0 Å². The van der Waals surface area contributed by atoms with E-state index in [0.29, 0.717) is 11.8 Å². The summed E-state index contributed by atoms with van der Waals surface area (Å²) in [6, 6.07) is 0. The van der Waals surface area contributed by atoms with Crippen LogP contribution in [-0.2, 0) is 4.74 Å². The highest BCUT2D eigenvalue weighted by atomic mass is 16.6. The molecule has 0 bridgehead atoms. The maximum Gasteiger partial charge on any atom is 0.410 e. The lowest BCUT2D eigenvalue weighted by Crippen LogP contribution is -2.42.